The van der Waals surface area contributed by atoms with Crippen molar-refractivity contribution in [1.29, 1.82) is 0 Å². The first kappa shape index (κ1) is 12.6. The van der Waals surface area contributed by atoms with E-state index in [9.17, 15) is 9.59 Å². The number of carboxylic acid groups (broad SMARTS) is 1. The molecule has 88 valence electrons. The quantitative estimate of drug-likeness (QED) is 0.623. The highest BCUT2D eigenvalue weighted by atomic mass is 32.1. The van der Waals surface area contributed by atoms with Crippen molar-refractivity contribution in [3.8, 4) is 0 Å². The molecule has 0 radical (unpaired) electrons. The summed E-state index contributed by atoms with van der Waals surface area (Å²) < 4.78 is 4.78. The first-order valence-electron chi connectivity index (χ1n) is 4.78. The first-order chi connectivity index (χ1) is 7.50. The molecule has 0 spiro atoms. The summed E-state index contributed by atoms with van der Waals surface area (Å²) in [5.41, 5.74) is 0.0608. The van der Waals surface area contributed by atoms with Gasteiger partial charge in [-0.1, -0.05) is 0 Å². The number of aliphatic carboxylic acids is 1. The van der Waals surface area contributed by atoms with Crippen molar-refractivity contribution >= 4 is 23.3 Å². The third-order valence-corrected chi connectivity index (χ3v) is 2.99. The molecule has 16 heavy (non-hydrogen) atoms. The lowest BCUT2D eigenvalue weighted by Crippen LogP contribution is -2.39. The van der Waals surface area contributed by atoms with Crippen molar-refractivity contribution in [2.45, 2.75) is 20.3 Å². The van der Waals surface area contributed by atoms with Crippen LogP contribution in [-0.2, 0) is 20.7 Å². The molecule has 1 N–H and O–H groups in total. The molecule has 0 aliphatic carbocycles. The summed E-state index contributed by atoms with van der Waals surface area (Å²) in [6.45, 7) is 3.18. The van der Waals surface area contributed by atoms with Crippen LogP contribution in [0.5, 0.6) is 0 Å². The highest BCUT2D eigenvalue weighted by molar-refractivity contribution is 7.09. The fourth-order valence-corrected chi connectivity index (χ4v) is 1.95. The maximum absolute atomic E-state index is 11.6. The fourth-order valence-electron chi connectivity index (χ4n) is 1.20. The van der Waals surface area contributed by atoms with Gasteiger partial charge in [0.2, 0.25) is 0 Å². The second-order valence-electron chi connectivity index (χ2n) is 3.50. The Morgan fingerprint density at radius 1 is 1.62 bits per heavy atom. The SMILES string of the molecule is CCOC(=O)C(C)(Cc1cncs1)C(=O)O. The van der Waals surface area contributed by atoms with Crippen molar-refractivity contribution in [2.24, 2.45) is 5.41 Å². The van der Waals surface area contributed by atoms with Gasteiger partial charge in [-0.3, -0.25) is 14.6 Å². The van der Waals surface area contributed by atoms with Crippen LogP contribution in [0.2, 0.25) is 0 Å². The van der Waals surface area contributed by atoms with Crippen LogP contribution in [0.3, 0.4) is 0 Å². The van der Waals surface area contributed by atoms with E-state index in [0.29, 0.717) is 0 Å². The molecule has 0 saturated heterocycles. The topological polar surface area (TPSA) is 76.5 Å². The van der Waals surface area contributed by atoms with Crippen LogP contribution < -0.4 is 0 Å². The molecular weight excluding hydrogens is 230 g/mol. The molecule has 0 aromatic carbocycles. The number of hydrogen-bond acceptors (Lipinski definition) is 5. The standard InChI is InChI=1S/C10H13NO4S/c1-3-15-9(14)10(2,8(12)13)4-7-5-11-6-16-7/h5-6H,3-4H2,1-2H3,(H,12,13). The molecule has 1 atom stereocenters. The zero-order valence-corrected chi connectivity index (χ0v) is 9.91. The molecule has 1 heterocycles. The molecule has 0 aliphatic heterocycles. The Morgan fingerprint density at radius 2 is 2.31 bits per heavy atom. The molecule has 0 amide bonds. The molecular formula is C10H13NO4S. The number of carbonyl (C=O) groups is 2. The van der Waals surface area contributed by atoms with Crippen LogP contribution in [-0.4, -0.2) is 28.6 Å². The van der Waals surface area contributed by atoms with E-state index in [0.717, 1.165) is 4.88 Å². The summed E-state index contributed by atoms with van der Waals surface area (Å²) in [6, 6.07) is 0. The summed E-state index contributed by atoms with van der Waals surface area (Å²) in [7, 11) is 0. The van der Waals surface area contributed by atoms with Crippen LogP contribution in [0.15, 0.2) is 11.7 Å². The minimum Gasteiger partial charge on any atom is -0.480 e. The normalized spacial score (nSPS) is 14.1. The van der Waals surface area contributed by atoms with Gasteiger partial charge >= 0.3 is 11.9 Å². The number of carboxylic acids is 1. The number of esters is 1. The molecule has 6 heteroatoms. The Balaban J connectivity index is 2.88. The van der Waals surface area contributed by atoms with Gasteiger partial charge < -0.3 is 9.84 Å². The molecule has 0 saturated carbocycles. The Hall–Kier alpha value is -1.43. The van der Waals surface area contributed by atoms with Crippen LogP contribution in [0.25, 0.3) is 0 Å². The van der Waals surface area contributed by atoms with E-state index in [1.807, 2.05) is 0 Å². The van der Waals surface area contributed by atoms with Gasteiger partial charge in [0, 0.05) is 17.5 Å². The average Bonchev–Trinajstić information content (AvgIpc) is 2.70. The van der Waals surface area contributed by atoms with Gasteiger partial charge in [0.25, 0.3) is 0 Å². The van der Waals surface area contributed by atoms with E-state index in [-0.39, 0.29) is 13.0 Å². The van der Waals surface area contributed by atoms with Gasteiger partial charge in [0.15, 0.2) is 5.41 Å². The average molecular weight is 243 g/mol. The van der Waals surface area contributed by atoms with E-state index >= 15 is 0 Å². The lowest BCUT2D eigenvalue weighted by Gasteiger charge is -2.21. The van der Waals surface area contributed by atoms with Gasteiger partial charge in [0.05, 0.1) is 12.1 Å². The summed E-state index contributed by atoms with van der Waals surface area (Å²) in [5, 5.41) is 9.11. The number of hydrogen-bond donors (Lipinski definition) is 1. The molecule has 1 aromatic heterocycles. The van der Waals surface area contributed by atoms with Crippen molar-refractivity contribution in [3.05, 3.63) is 16.6 Å². The van der Waals surface area contributed by atoms with E-state index in [2.05, 4.69) is 4.98 Å². The van der Waals surface area contributed by atoms with Crippen molar-refractivity contribution in [2.75, 3.05) is 6.61 Å². The predicted molar refractivity (Wildman–Crippen MR) is 58.2 cm³/mol. The largest absolute Gasteiger partial charge is 0.480 e. The minimum atomic E-state index is -1.54. The zero-order valence-electron chi connectivity index (χ0n) is 9.10. The maximum atomic E-state index is 11.6. The fraction of sp³-hybridized carbons (Fsp3) is 0.500. The number of thiazole rings is 1. The van der Waals surface area contributed by atoms with Crippen LogP contribution >= 0.6 is 11.3 Å². The van der Waals surface area contributed by atoms with Gasteiger partial charge in [-0.05, 0) is 13.8 Å². The van der Waals surface area contributed by atoms with Gasteiger partial charge in [-0.15, -0.1) is 11.3 Å². The van der Waals surface area contributed by atoms with Crippen LogP contribution in [0.1, 0.15) is 18.7 Å². The summed E-state index contributed by atoms with van der Waals surface area (Å²) in [4.78, 5) is 27.4. The molecule has 0 bridgehead atoms. The summed E-state index contributed by atoms with van der Waals surface area (Å²) in [5.74, 6) is -1.89. The van der Waals surface area contributed by atoms with Crippen LogP contribution in [0.4, 0.5) is 0 Å². The number of rotatable bonds is 5. The van der Waals surface area contributed by atoms with Crippen molar-refractivity contribution < 1.29 is 19.4 Å². The minimum absolute atomic E-state index is 0.103. The molecule has 0 aliphatic rings. The van der Waals surface area contributed by atoms with E-state index in [1.54, 1.807) is 18.6 Å². The third-order valence-electron chi connectivity index (χ3n) is 2.21. The Morgan fingerprint density at radius 3 is 2.75 bits per heavy atom. The van der Waals surface area contributed by atoms with Crippen molar-refractivity contribution in [3.63, 3.8) is 0 Å². The summed E-state index contributed by atoms with van der Waals surface area (Å²) >= 11 is 1.32. The van der Waals surface area contributed by atoms with E-state index in [1.165, 1.54) is 18.3 Å². The van der Waals surface area contributed by atoms with E-state index < -0.39 is 17.4 Å². The number of nitrogens with zero attached hydrogens (tertiary/aromatic N) is 1. The lowest BCUT2D eigenvalue weighted by atomic mass is 9.86. The van der Waals surface area contributed by atoms with Gasteiger partial charge in [-0.25, -0.2) is 0 Å². The maximum Gasteiger partial charge on any atom is 0.323 e. The molecule has 1 aromatic rings. The third kappa shape index (κ3) is 2.57. The van der Waals surface area contributed by atoms with E-state index in [4.69, 9.17) is 9.84 Å². The summed E-state index contributed by atoms with van der Waals surface area (Å²) in [6.07, 6.45) is 1.66. The number of aromatic nitrogens is 1. The van der Waals surface area contributed by atoms with Crippen molar-refractivity contribution in [1.82, 2.24) is 4.98 Å². The highest BCUT2D eigenvalue weighted by Gasteiger charge is 2.43. The molecule has 5 nitrogen and oxygen atoms in total. The van der Waals surface area contributed by atoms with Gasteiger partial charge in [-0.2, -0.15) is 0 Å². The molecule has 1 rings (SSSR count). The van der Waals surface area contributed by atoms with Gasteiger partial charge in [0.1, 0.15) is 0 Å². The predicted octanol–water partition coefficient (Wildman–Crippen LogP) is 1.34. The smallest absolute Gasteiger partial charge is 0.323 e. The first-order valence-corrected chi connectivity index (χ1v) is 5.66. The zero-order chi connectivity index (χ0) is 12.2. The monoisotopic (exact) mass is 243 g/mol. The second kappa shape index (κ2) is 5.07. The number of carbonyl (C=O) groups excluding carboxylic acids is 1. The second-order valence-corrected chi connectivity index (χ2v) is 4.47. The Labute approximate surface area is 97.1 Å². The molecule has 1 unspecified atom stereocenters. The highest BCUT2D eigenvalue weighted by Crippen LogP contribution is 2.26. The molecule has 0 fully saturated rings. The number of ether oxygens (including phenoxy) is 1. The van der Waals surface area contributed by atoms with Crippen LogP contribution in [0, 0.1) is 5.41 Å². The lowest BCUT2D eigenvalue weighted by molar-refractivity contribution is -0.167. The Bertz CT molecular complexity index is 376. The Kier molecular flexibility index (Phi) is 4.00.